The topological polar surface area (TPSA) is 26.0 Å². The van der Waals surface area contributed by atoms with Crippen LogP contribution in [0.15, 0.2) is 11.2 Å². The van der Waals surface area contributed by atoms with Crippen LogP contribution in [-0.4, -0.2) is 4.32 Å². The zero-order chi connectivity index (χ0) is 6.28. The van der Waals surface area contributed by atoms with E-state index >= 15 is 0 Å². The van der Waals surface area contributed by atoms with E-state index in [1.54, 1.807) is 0 Å². The molecule has 1 nitrogen and oxygen atoms in total. The Hall–Kier alpha value is 0.473. The van der Waals surface area contributed by atoms with Crippen molar-refractivity contribution >= 4 is 29.2 Å². The third-order valence-corrected chi connectivity index (χ3v) is 0. The molecule has 0 aromatic carbocycles. The zero-order valence-corrected chi connectivity index (χ0v) is 8.49. The Morgan fingerprint density at radius 2 is 2.00 bits per heavy atom. The van der Waals surface area contributed by atoms with E-state index in [-0.39, 0.29) is 4.32 Å². The van der Waals surface area contributed by atoms with Gasteiger partial charge in [-0.1, -0.05) is 4.32 Å². The third-order valence-electron chi connectivity index (χ3n) is 0. The first kappa shape index (κ1) is 10.5. The van der Waals surface area contributed by atoms with Crippen molar-refractivity contribution in [3.63, 3.8) is 0 Å². The van der Waals surface area contributed by atoms with Crippen LogP contribution in [0.2, 0.25) is 0 Å². The van der Waals surface area contributed by atoms with Crippen LogP contribution in [-0.2, 0) is 30.9 Å². The molecule has 0 saturated carbocycles. The molecule has 4 heteroatoms. The predicted octanol–water partition coefficient (Wildman–Crippen LogP) is 0.454. The summed E-state index contributed by atoms with van der Waals surface area (Å²) in [5, 5.41) is 0. The molecule has 0 aromatic rings. The van der Waals surface area contributed by atoms with Gasteiger partial charge >= 0.3 is 29.6 Å². The summed E-state index contributed by atoms with van der Waals surface area (Å²) in [6.45, 7) is 3.42. The molecule has 0 heterocycles. The molecule has 0 radical (unpaired) electrons. The van der Waals surface area contributed by atoms with Gasteiger partial charge < -0.3 is 30.6 Å². The molecule has 0 aliphatic heterocycles. The Morgan fingerprint density at radius 1 is 2.00 bits per heavy atom. The van der Waals surface area contributed by atoms with E-state index < -0.39 is 0 Å². The van der Waals surface area contributed by atoms with Gasteiger partial charge in [0.25, 0.3) is 0 Å². The fourth-order valence-corrected chi connectivity index (χ4v) is 0. The number of rotatable bonds is 0. The van der Waals surface area contributed by atoms with Crippen molar-refractivity contribution in [2.75, 3.05) is 0 Å². The van der Waals surface area contributed by atoms with Crippen molar-refractivity contribution in [2.24, 2.45) is 5.73 Å². The Balaban J connectivity index is 0. The van der Waals surface area contributed by atoms with Crippen LogP contribution in [0, 0.1) is 0 Å². The maximum Gasteiger partial charge on any atom is -0.0708 e. The molecule has 7 heavy (non-hydrogen) atoms. The van der Waals surface area contributed by atoms with E-state index in [4.69, 9.17) is 0 Å². The molecule has 0 bridgehead atoms. The number of hydrogen-bond acceptors (Lipinski definition) is 2. The van der Waals surface area contributed by atoms with Gasteiger partial charge in [0.1, 0.15) is 0 Å². The molecule has 0 unspecified atom stereocenters. The molecular formula is C3H5NS2Zn. The first-order valence-corrected chi connectivity index (χ1v) is 4.04. The van der Waals surface area contributed by atoms with Crippen LogP contribution < -0.4 is 5.73 Å². The molecule has 36 valence electrons. The summed E-state index contributed by atoms with van der Waals surface area (Å²) in [5.41, 5.74) is 4.66. The average Bonchev–Trinajstić information content (AvgIpc) is 1.33. The van der Waals surface area contributed by atoms with Gasteiger partial charge in [0.05, 0.1) is 0 Å². The smallest absolute Gasteiger partial charge is 0.0708 e. The monoisotopic (exact) mass is 183 g/mol. The third kappa shape index (κ3) is 578. The first-order valence-electron chi connectivity index (χ1n) is 1.51. The molecule has 0 fully saturated rings. The molecule has 0 saturated heterocycles. The second-order valence-electron chi connectivity index (χ2n) is 0.608. The summed E-state index contributed by atoms with van der Waals surface area (Å²) in [7, 11) is 0. The van der Waals surface area contributed by atoms with E-state index in [2.05, 4.69) is 37.2 Å². The standard InChI is InChI=1S/C2H3.CH3NS2.Zn/c1-2;2-1(3)4;/h1H,2H2;(H3,2,3,4);/q;;+1/p-1. The minimum Gasteiger partial charge on any atom is -0.415 e. The Kier molecular flexibility index (Phi) is 14.5. The summed E-state index contributed by atoms with van der Waals surface area (Å²) in [6.07, 6.45) is 0. The van der Waals surface area contributed by atoms with Crippen molar-refractivity contribution in [2.45, 2.75) is 0 Å². The predicted molar refractivity (Wildman–Crippen MR) is 34.3 cm³/mol. The van der Waals surface area contributed by atoms with Crippen LogP contribution in [0.5, 0.6) is 0 Å². The number of thiocarbonyl (C=S) groups is 1. The van der Waals surface area contributed by atoms with Crippen LogP contribution >= 0.6 is 12.2 Å². The summed E-state index contributed by atoms with van der Waals surface area (Å²) < 4.78 is 1.96. The van der Waals surface area contributed by atoms with E-state index in [9.17, 15) is 0 Å². The van der Waals surface area contributed by atoms with Crippen molar-refractivity contribution in [1.29, 1.82) is 0 Å². The molecule has 0 amide bonds. The van der Waals surface area contributed by atoms with E-state index in [1.807, 2.05) is 4.67 Å². The van der Waals surface area contributed by atoms with Crippen LogP contribution in [0.3, 0.4) is 0 Å². The molecular weight excluding hydrogens is 180 g/mol. The molecule has 0 aromatic heterocycles. The van der Waals surface area contributed by atoms with Crippen LogP contribution in [0.1, 0.15) is 0 Å². The summed E-state index contributed by atoms with van der Waals surface area (Å²) in [6, 6.07) is 0. The van der Waals surface area contributed by atoms with Gasteiger partial charge in [0.2, 0.25) is 0 Å². The minimum atomic E-state index is 0.0833. The Labute approximate surface area is 64.4 Å². The van der Waals surface area contributed by atoms with Crippen molar-refractivity contribution < 1.29 is 18.3 Å². The second-order valence-corrected chi connectivity index (χ2v) is 2.96. The van der Waals surface area contributed by atoms with Crippen molar-refractivity contribution in [3.8, 4) is 0 Å². The van der Waals surface area contributed by atoms with Crippen molar-refractivity contribution in [3.05, 3.63) is 11.2 Å². The summed E-state index contributed by atoms with van der Waals surface area (Å²) >= 11 is 9.47. The molecule has 2 N–H and O–H groups in total. The Morgan fingerprint density at radius 3 is 2.00 bits per heavy atom. The van der Waals surface area contributed by atoms with Gasteiger partial charge in [-0.05, 0) is 0 Å². The molecule has 0 aliphatic carbocycles. The molecule has 0 atom stereocenters. The average molecular weight is 185 g/mol. The summed E-state index contributed by atoms with van der Waals surface area (Å²) in [4.78, 5) is 0. The fourth-order valence-electron chi connectivity index (χ4n) is 0. The normalized spacial score (nSPS) is 5.43. The summed E-state index contributed by atoms with van der Waals surface area (Å²) in [5.74, 6) is 0. The van der Waals surface area contributed by atoms with E-state index in [0.717, 1.165) is 0 Å². The Bertz CT molecular complexity index is 60.0. The largest absolute Gasteiger partial charge is 0.415 e. The van der Waals surface area contributed by atoms with Crippen LogP contribution in [0.4, 0.5) is 0 Å². The minimum absolute atomic E-state index is 0.0833. The maximum atomic E-state index is 4.66. The second kappa shape index (κ2) is 9.69. The fraction of sp³-hybridized carbons (Fsp3) is 0. The van der Waals surface area contributed by atoms with Gasteiger partial charge in [-0.25, -0.2) is 0 Å². The first-order chi connectivity index (χ1) is 3.15. The van der Waals surface area contributed by atoms with Gasteiger partial charge in [-0.3, -0.25) is 0 Å². The van der Waals surface area contributed by atoms with Gasteiger partial charge in [0.15, 0.2) is 0 Å². The van der Waals surface area contributed by atoms with Gasteiger partial charge in [0, 0.05) is 0 Å². The zero-order valence-electron chi connectivity index (χ0n) is 3.89. The molecule has 0 spiro atoms. The van der Waals surface area contributed by atoms with Gasteiger partial charge in [-0.2, -0.15) is 0 Å². The van der Waals surface area contributed by atoms with Gasteiger partial charge in [-0.15, -0.1) is 0 Å². The van der Waals surface area contributed by atoms with Crippen molar-refractivity contribution in [1.82, 2.24) is 0 Å². The van der Waals surface area contributed by atoms with E-state index in [0.29, 0.717) is 0 Å². The maximum absolute atomic E-state index is 4.66. The van der Waals surface area contributed by atoms with E-state index in [1.165, 1.54) is 18.3 Å². The number of hydrogen-bond donors (Lipinski definition) is 1. The quantitative estimate of drug-likeness (QED) is 0.337. The van der Waals surface area contributed by atoms with Crippen LogP contribution in [0.25, 0.3) is 0 Å². The molecule has 0 rings (SSSR count). The molecule has 0 aliphatic rings. The SMILES string of the molecule is C=[CH][Zn+].NC(=S)[S-]. The number of nitrogens with two attached hydrogens (primary N) is 1.